The number of thiophene rings is 1. The molecule has 0 spiro atoms. The zero-order valence-corrected chi connectivity index (χ0v) is 7.21. The minimum Gasteiger partial charge on any atom is -0.207 e. The molecule has 0 fully saturated rings. The van der Waals surface area contributed by atoms with Crippen LogP contribution in [0.25, 0.3) is 10.1 Å². The molecule has 0 radical (unpaired) electrons. The fourth-order valence-corrected chi connectivity index (χ4v) is 2.10. The van der Waals surface area contributed by atoms with Crippen molar-refractivity contribution in [3.63, 3.8) is 0 Å². The molecule has 3 heteroatoms. The minimum atomic E-state index is -0.477. The Hall–Kier alpha value is -0.960. The molecule has 0 N–H and O–H groups in total. The number of halogens is 2. The Balaban J connectivity index is 2.97. The predicted octanol–water partition coefficient (Wildman–Crippen LogP) is 3.49. The summed E-state index contributed by atoms with van der Waals surface area (Å²) in [7, 11) is 0. The number of hydrogen-bond acceptors (Lipinski definition) is 1. The van der Waals surface area contributed by atoms with E-state index in [0.717, 1.165) is 6.07 Å². The second kappa shape index (κ2) is 2.52. The van der Waals surface area contributed by atoms with E-state index in [0.29, 0.717) is 15.6 Å². The average Bonchev–Trinajstić information content (AvgIpc) is 2.48. The van der Waals surface area contributed by atoms with Gasteiger partial charge < -0.3 is 0 Å². The van der Waals surface area contributed by atoms with Gasteiger partial charge in [-0.2, -0.15) is 0 Å². The Morgan fingerprint density at radius 3 is 2.75 bits per heavy atom. The van der Waals surface area contributed by atoms with Crippen molar-refractivity contribution in [1.82, 2.24) is 0 Å². The summed E-state index contributed by atoms with van der Waals surface area (Å²) in [4.78, 5) is 0. The van der Waals surface area contributed by atoms with Gasteiger partial charge in [0.2, 0.25) is 0 Å². The van der Waals surface area contributed by atoms with Crippen LogP contribution in [0.2, 0.25) is 0 Å². The topological polar surface area (TPSA) is 0 Å². The van der Waals surface area contributed by atoms with E-state index < -0.39 is 11.6 Å². The predicted molar refractivity (Wildman–Crippen MR) is 46.5 cm³/mol. The van der Waals surface area contributed by atoms with E-state index in [1.54, 1.807) is 18.4 Å². The van der Waals surface area contributed by atoms with Gasteiger partial charge in [-0.1, -0.05) is 0 Å². The number of aryl methyl sites for hydroxylation is 1. The fraction of sp³-hybridized carbons (Fsp3) is 0.111. The van der Waals surface area contributed by atoms with Crippen molar-refractivity contribution in [1.29, 1.82) is 0 Å². The summed E-state index contributed by atoms with van der Waals surface area (Å²) in [6, 6.07) is 2.60. The zero-order valence-electron chi connectivity index (χ0n) is 6.40. The highest BCUT2D eigenvalue weighted by Crippen LogP contribution is 2.28. The van der Waals surface area contributed by atoms with E-state index in [9.17, 15) is 8.78 Å². The van der Waals surface area contributed by atoms with Gasteiger partial charge in [0, 0.05) is 21.7 Å². The quantitative estimate of drug-likeness (QED) is 0.588. The molecule has 0 bridgehead atoms. The third-order valence-electron chi connectivity index (χ3n) is 1.87. The van der Waals surface area contributed by atoms with Crippen LogP contribution in [-0.4, -0.2) is 0 Å². The minimum absolute atomic E-state index is 0.470. The summed E-state index contributed by atoms with van der Waals surface area (Å²) in [5, 5.41) is 2.28. The smallest absolute Gasteiger partial charge is 0.134 e. The van der Waals surface area contributed by atoms with Crippen LogP contribution < -0.4 is 0 Å². The second-order valence-electron chi connectivity index (χ2n) is 2.63. The second-order valence-corrected chi connectivity index (χ2v) is 3.54. The monoisotopic (exact) mass is 184 g/mol. The molecule has 1 aromatic heterocycles. The van der Waals surface area contributed by atoms with Gasteiger partial charge in [-0.15, -0.1) is 11.3 Å². The molecule has 0 amide bonds. The number of hydrogen-bond donors (Lipinski definition) is 0. The molecule has 1 heterocycles. The summed E-state index contributed by atoms with van der Waals surface area (Å²) >= 11 is 1.36. The van der Waals surface area contributed by atoms with Gasteiger partial charge >= 0.3 is 0 Å². The van der Waals surface area contributed by atoms with Crippen molar-refractivity contribution >= 4 is 21.4 Å². The first-order chi connectivity index (χ1) is 5.70. The van der Waals surface area contributed by atoms with Crippen LogP contribution in [-0.2, 0) is 0 Å². The summed E-state index contributed by atoms with van der Waals surface area (Å²) in [5.41, 5.74) is 0.529. The molecule has 2 aromatic rings. The van der Waals surface area contributed by atoms with E-state index in [1.807, 2.05) is 0 Å². The molecule has 0 unspecified atom stereocenters. The Morgan fingerprint density at radius 2 is 2.00 bits per heavy atom. The van der Waals surface area contributed by atoms with E-state index in [1.165, 1.54) is 11.3 Å². The Bertz CT molecular complexity index is 431. The lowest BCUT2D eigenvalue weighted by atomic mass is 10.2. The van der Waals surface area contributed by atoms with Crippen LogP contribution in [0, 0.1) is 18.6 Å². The lowest BCUT2D eigenvalue weighted by molar-refractivity contribution is 0.587. The molecule has 0 saturated carbocycles. The van der Waals surface area contributed by atoms with E-state index >= 15 is 0 Å². The molecule has 0 aliphatic rings. The van der Waals surface area contributed by atoms with Gasteiger partial charge in [0.25, 0.3) is 0 Å². The molecule has 0 atom stereocenters. The van der Waals surface area contributed by atoms with Crippen LogP contribution in [0.1, 0.15) is 5.56 Å². The average molecular weight is 184 g/mol. The van der Waals surface area contributed by atoms with Crippen LogP contribution >= 0.6 is 11.3 Å². The molecule has 12 heavy (non-hydrogen) atoms. The lowest BCUT2D eigenvalue weighted by Crippen LogP contribution is -1.85. The maximum absolute atomic E-state index is 13.0. The maximum atomic E-state index is 13.0. The van der Waals surface area contributed by atoms with E-state index in [2.05, 4.69) is 0 Å². The SMILES string of the molecule is Cc1c(F)cc(F)c2ccsc12. The van der Waals surface area contributed by atoms with Crippen molar-refractivity contribution in [3.05, 3.63) is 34.7 Å². The van der Waals surface area contributed by atoms with E-state index in [-0.39, 0.29) is 0 Å². The fourth-order valence-electron chi connectivity index (χ4n) is 1.19. The molecular weight excluding hydrogens is 178 g/mol. The highest BCUT2D eigenvalue weighted by Gasteiger charge is 2.08. The summed E-state index contributed by atoms with van der Waals surface area (Å²) < 4.78 is 26.7. The van der Waals surface area contributed by atoms with Crippen molar-refractivity contribution in [3.8, 4) is 0 Å². The van der Waals surface area contributed by atoms with Gasteiger partial charge in [0.05, 0.1) is 0 Å². The van der Waals surface area contributed by atoms with Gasteiger partial charge in [0.1, 0.15) is 11.6 Å². The summed E-state index contributed by atoms with van der Waals surface area (Å²) in [6.45, 7) is 1.66. The third kappa shape index (κ3) is 0.932. The zero-order chi connectivity index (χ0) is 8.72. The third-order valence-corrected chi connectivity index (χ3v) is 2.91. The molecule has 62 valence electrons. The number of rotatable bonds is 0. The van der Waals surface area contributed by atoms with E-state index in [4.69, 9.17) is 0 Å². The van der Waals surface area contributed by atoms with Crippen molar-refractivity contribution in [2.24, 2.45) is 0 Å². The molecule has 0 nitrogen and oxygen atoms in total. The normalized spacial score (nSPS) is 10.9. The van der Waals surface area contributed by atoms with Crippen molar-refractivity contribution in [2.45, 2.75) is 6.92 Å². The maximum Gasteiger partial charge on any atom is 0.134 e. The van der Waals surface area contributed by atoms with Crippen LogP contribution in [0.15, 0.2) is 17.5 Å². The van der Waals surface area contributed by atoms with Crippen molar-refractivity contribution < 1.29 is 8.78 Å². The van der Waals surface area contributed by atoms with Crippen LogP contribution in [0.3, 0.4) is 0 Å². The van der Waals surface area contributed by atoms with Crippen molar-refractivity contribution in [2.75, 3.05) is 0 Å². The molecule has 2 rings (SSSR count). The van der Waals surface area contributed by atoms with Gasteiger partial charge in [-0.3, -0.25) is 0 Å². The first-order valence-corrected chi connectivity index (χ1v) is 4.40. The number of benzene rings is 1. The van der Waals surface area contributed by atoms with Gasteiger partial charge in [-0.25, -0.2) is 8.78 Å². The van der Waals surface area contributed by atoms with Gasteiger partial charge in [-0.05, 0) is 18.4 Å². The largest absolute Gasteiger partial charge is 0.207 e. The Morgan fingerprint density at radius 1 is 1.25 bits per heavy atom. The Labute approximate surface area is 72.4 Å². The molecular formula is C9H6F2S. The first kappa shape index (κ1) is 7.68. The van der Waals surface area contributed by atoms with Gasteiger partial charge in [0.15, 0.2) is 0 Å². The molecule has 1 aromatic carbocycles. The standard InChI is InChI=1S/C9H6F2S/c1-5-7(10)4-8(11)6-2-3-12-9(5)6/h2-4H,1H3. The highest BCUT2D eigenvalue weighted by atomic mass is 32.1. The summed E-state index contributed by atoms with van der Waals surface area (Å²) in [6.07, 6.45) is 0. The first-order valence-electron chi connectivity index (χ1n) is 3.52. The molecule has 0 aliphatic heterocycles. The number of fused-ring (bicyclic) bond motifs is 1. The highest BCUT2D eigenvalue weighted by molar-refractivity contribution is 7.17. The van der Waals surface area contributed by atoms with Crippen LogP contribution in [0.5, 0.6) is 0 Å². The molecule has 0 aliphatic carbocycles. The summed E-state index contributed by atoms with van der Waals surface area (Å²) in [5.74, 6) is -0.947. The molecule has 0 saturated heterocycles. The Kier molecular flexibility index (Phi) is 1.61. The van der Waals surface area contributed by atoms with Crippen LogP contribution in [0.4, 0.5) is 8.78 Å². The lowest BCUT2D eigenvalue weighted by Gasteiger charge is -1.98.